The first kappa shape index (κ1) is 24.0. The number of ether oxygens (including phenoxy) is 1. The normalized spacial score (nSPS) is 11.9. The summed E-state index contributed by atoms with van der Waals surface area (Å²) in [6, 6.07) is 0.304. The maximum absolute atomic E-state index is 13.0. The topological polar surface area (TPSA) is 85.6 Å². The lowest BCUT2D eigenvalue weighted by Gasteiger charge is -2.14. The van der Waals surface area contributed by atoms with Crippen molar-refractivity contribution in [2.24, 2.45) is 0 Å². The van der Waals surface area contributed by atoms with E-state index in [2.05, 4.69) is 0 Å². The van der Waals surface area contributed by atoms with Crippen molar-refractivity contribution in [1.82, 2.24) is 0 Å². The summed E-state index contributed by atoms with van der Waals surface area (Å²) in [4.78, 5) is 36.5. The van der Waals surface area contributed by atoms with E-state index >= 15 is 0 Å². The molecule has 0 aliphatic rings. The molecule has 12 heteroatoms. The van der Waals surface area contributed by atoms with Crippen LogP contribution in [0.1, 0.15) is 61.8 Å². The molecule has 0 bridgehead atoms. The summed E-state index contributed by atoms with van der Waals surface area (Å²) in [5.41, 5.74) is -5.12. The summed E-state index contributed by atoms with van der Waals surface area (Å²) in [5, 5.41) is 1.95. The summed E-state index contributed by atoms with van der Waals surface area (Å²) >= 11 is 0. The first-order valence-corrected chi connectivity index (χ1v) is 8.59. The van der Waals surface area contributed by atoms with Gasteiger partial charge < -0.3 is 9.15 Å². The molecule has 0 radical (unpaired) electrons. The Bertz CT molecular complexity index is 1000. The molecule has 0 aliphatic heterocycles. The summed E-state index contributed by atoms with van der Waals surface area (Å²) in [6.07, 6.45) is -10.3. The molecule has 1 aromatic heterocycles. The number of rotatable bonds is 5. The van der Waals surface area contributed by atoms with Crippen LogP contribution < -0.4 is 5.32 Å². The van der Waals surface area contributed by atoms with Crippen molar-refractivity contribution in [1.29, 1.82) is 0 Å². The zero-order valence-electron chi connectivity index (χ0n) is 16.2. The average molecular weight is 451 g/mol. The number of anilines is 1. The molecule has 0 spiro atoms. The Morgan fingerprint density at radius 2 is 1.48 bits per heavy atom. The molecule has 0 atom stereocenters. The van der Waals surface area contributed by atoms with Crippen molar-refractivity contribution in [2.75, 3.05) is 11.9 Å². The smallest absolute Gasteiger partial charge is 0.416 e. The molecule has 1 aromatic carbocycles. The highest BCUT2D eigenvalue weighted by atomic mass is 19.4. The number of amides is 1. The van der Waals surface area contributed by atoms with Gasteiger partial charge in [-0.2, -0.15) is 26.3 Å². The van der Waals surface area contributed by atoms with Crippen LogP contribution in [0.15, 0.2) is 22.6 Å². The number of benzene rings is 1. The second-order valence-corrected chi connectivity index (χ2v) is 6.26. The van der Waals surface area contributed by atoms with Gasteiger partial charge in [-0.25, -0.2) is 4.79 Å². The van der Waals surface area contributed by atoms with E-state index in [1.807, 2.05) is 5.32 Å². The van der Waals surface area contributed by atoms with E-state index in [9.17, 15) is 40.7 Å². The Labute approximate surface area is 171 Å². The number of carbonyl (C=O) groups is 3. The molecule has 0 saturated heterocycles. The minimum Gasteiger partial charge on any atom is -0.462 e. The van der Waals surface area contributed by atoms with E-state index in [-0.39, 0.29) is 36.1 Å². The van der Waals surface area contributed by atoms with Gasteiger partial charge in [-0.05, 0) is 39.0 Å². The SMILES string of the molecule is CCOC(=O)c1c(NC(=O)c2cc(C(F)(F)F)cc(C(F)(F)F)c2)oc(C)c1C(C)=O. The van der Waals surface area contributed by atoms with Gasteiger partial charge >= 0.3 is 18.3 Å². The Hall–Kier alpha value is -3.31. The fraction of sp³-hybridized carbons (Fsp3) is 0.316. The molecule has 0 unspecified atom stereocenters. The van der Waals surface area contributed by atoms with Crippen molar-refractivity contribution in [3.8, 4) is 0 Å². The second-order valence-electron chi connectivity index (χ2n) is 6.26. The van der Waals surface area contributed by atoms with Crippen molar-refractivity contribution in [3.63, 3.8) is 0 Å². The van der Waals surface area contributed by atoms with Gasteiger partial charge in [-0.3, -0.25) is 14.9 Å². The van der Waals surface area contributed by atoms with Gasteiger partial charge in [0.2, 0.25) is 5.88 Å². The minimum atomic E-state index is -5.16. The lowest BCUT2D eigenvalue weighted by atomic mass is 10.0. The van der Waals surface area contributed by atoms with Crippen LogP contribution in [0.5, 0.6) is 0 Å². The standard InChI is InChI=1S/C19H15F6NO5/c1-4-30-17(29)14-13(8(2)27)9(3)31-16(14)26-15(28)10-5-11(18(20,21)22)7-12(6-10)19(23,24)25/h5-7H,4H2,1-3H3,(H,26,28). The largest absolute Gasteiger partial charge is 0.462 e. The summed E-state index contributed by atoms with van der Waals surface area (Å²) in [6.45, 7) is 3.71. The quantitative estimate of drug-likeness (QED) is 0.381. The molecule has 1 heterocycles. The van der Waals surface area contributed by atoms with Crippen molar-refractivity contribution in [3.05, 3.63) is 51.8 Å². The second kappa shape index (κ2) is 8.44. The predicted octanol–water partition coefficient (Wildman–Crippen LogP) is 5.26. The van der Waals surface area contributed by atoms with E-state index in [0.717, 1.165) is 6.92 Å². The Morgan fingerprint density at radius 1 is 0.968 bits per heavy atom. The van der Waals surface area contributed by atoms with E-state index in [1.165, 1.54) is 13.8 Å². The highest BCUT2D eigenvalue weighted by Gasteiger charge is 2.38. The Balaban J connectivity index is 2.56. The van der Waals surface area contributed by atoms with E-state index in [4.69, 9.17) is 9.15 Å². The van der Waals surface area contributed by atoms with Crippen LogP contribution in [-0.2, 0) is 17.1 Å². The monoisotopic (exact) mass is 451 g/mol. The Morgan fingerprint density at radius 3 is 1.90 bits per heavy atom. The maximum atomic E-state index is 13.0. The van der Waals surface area contributed by atoms with Crippen LogP contribution in [0.4, 0.5) is 32.2 Å². The number of carbonyl (C=O) groups excluding carboxylic acids is 3. The number of esters is 1. The summed E-state index contributed by atoms with van der Waals surface area (Å²) < 4.78 is 88.0. The van der Waals surface area contributed by atoms with E-state index in [0.29, 0.717) is 0 Å². The van der Waals surface area contributed by atoms with Crippen LogP contribution in [0.25, 0.3) is 0 Å². The number of nitrogens with one attached hydrogen (secondary N) is 1. The van der Waals surface area contributed by atoms with Gasteiger partial charge in [0, 0.05) is 5.56 Å². The molecule has 0 aliphatic carbocycles. The van der Waals surface area contributed by atoms with Gasteiger partial charge in [0.05, 0.1) is 23.3 Å². The van der Waals surface area contributed by atoms with Crippen LogP contribution >= 0.6 is 0 Å². The lowest BCUT2D eigenvalue weighted by molar-refractivity contribution is -0.143. The van der Waals surface area contributed by atoms with E-state index in [1.54, 1.807) is 0 Å². The molecule has 1 N–H and O–H groups in total. The van der Waals surface area contributed by atoms with Crippen molar-refractivity contribution in [2.45, 2.75) is 33.1 Å². The molecule has 2 aromatic rings. The fourth-order valence-corrected chi connectivity index (χ4v) is 2.72. The number of ketones is 1. The fourth-order valence-electron chi connectivity index (χ4n) is 2.72. The number of furan rings is 1. The summed E-state index contributed by atoms with van der Waals surface area (Å²) in [7, 11) is 0. The third-order valence-corrected chi connectivity index (χ3v) is 3.99. The zero-order valence-corrected chi connectivity index (χ0v) is 16.2. The van der Waals surface area contributed by atoms with E-state index < -0.39 is 58.2 Å². The van der Waals surface area contributed by atoms with Gasteiger partial charge in [0.15, 0.2) is 5.78 Å². The zero-order chi connectivity index (χ0) is 23.7. The predicted molar refractivity (Wildman–Crippen MR) is 93.8 cm³/mol. The van der Waals surface area contributed by atoms with Crippen LogP contribution in [0.2, 0.25) is 0 Å². The number of Topliss-reactive ketones (excluding diaryl/α,β-unsaturated/α-hetero) is 1. The molecule has 0 fully saturated rings. The Kier molecular flexibility index (Phi) is 6.52. The highest BCUT2D eigenvalue weighted by Crippen LogP contribution is 2.37. The molecule has 1 amide bonds. The van der Waals surface area contributed by atoms with Crippen molar-refractivity contribution >= 4 is 23.5 Å². The van der Waals surface area contributed by atoms with Gasteiger partial charge in [0.1, 0.15) is 11.3 Å². The molecule has 2 rings (SSSR count). The number of hydrogen-bond donors (Lipinski definition) is 1. The summed E-state index contributed by atoms with van der Waals surface area (Å²) in [5.74, 6) is -3.88. The lowest BCUT2D eigenvalue weighted by Crippen LogP contribution is -2.19. The van der Waals surface area contributed by atoms with Gasteiger partial charge in [-0.1, -0.05) is 0 Å². The number of hydrogen-bond acceptors (Lipinski definition) is 5. The molecular formula is C19H15F6NO5. The first-order chi connectivity index (χ1) is 14.2. The van der Waals surface area contributed by atoms with Gasteiger partial charge in [0.25, 0.3) is 5.91 Å². The molecule has 168 valence electrons. The molecule has 31 heavy (non-hydrogen) atoms. The van der Waals surface area contributed by atoms with Crippen LogP contribution in [0, 0.1) is 6.92 Å². The number of halogens is 6. The third kappa shape index (κ3) is 5.25. The van der Waals surface area contributed by atoms with Crippen LogP contribution in [0.3, 0.4) is 0 Å². The maximum Gasteiger partial charge on any atom is 0.416 e. The number of alkyl halides is 6. The van der Waals surface area contributed by atoms with Gasteiger partial charge in [-0.15, -0.1) is 0 Å². The average Bonchev–Trinajstić information content (AvgIpc) is 2.96. The van der Waals surface area contributed by atoms with Crippen LogP contribution in [-0.4, -0.2) is 24.3 Å². The first-order valence-electron chi connectivity index (χ1n) is 8.59. The highest BCUT2D eigenvalue weighted by molar-refractivity contribution is 6.12. The third-order valence-electron chi connectivity index (χ3n) is 3.99. The molecule has 6 nitrogen and oxygen atoms in total. The van der Waals surface area contributed by atoms with Crippen molar-refractivity contribution < 1.29 is 49.9 Å². The molecule has 0 saturated carbocycles. The molecular weight excluding hydrogens is 436 g/mol. The minimum absolute atomic E-state index is 0.106. The number of aryl methyl sites for hydroxylation is 1.